The Hall–Kier alpha value is -3.65. The SMILES string of the molecule is COc1ccc(CNc2nc3ccccc3nc2NS(=O)(=O)c2cc(C)ccc2C)cc1. The van der Waals surface area contributed by atoms with Crippen molar-refractivity contribution >= 4 is 32.7 Å². The second-order valence-electron chi connectivity index (χ2n) is 7.49. The van der Waals surface area contributed by atoms with Crippen LogP contribution in [0.15, 0.2) is 71.6 Å². The van der Waals surface area contributed by atoms with E-state index in [9.17, 15) is 8.42 Å². The highest BCUT2D eigenvalue weighted by molar-refractivity contribution is 7.92. The molecule has 1 aromatic heterocycles. The predicted molar refractivity (Wildman–Crippen MR) is 127 cm³/mol. The highest BCUT2D eigenvalue weighted by Crippen LogP contribution is 2.26. The third-order valence-corrected chi connectivity index (χ3v) is 6.53. The van der Waals surface area contributed by atoms with Crippen LogP contribution >= 0.6 is 0 Å². The fourth-order valence-electron chi connectivity index (χ4n) is 3.30. The Morgan fingerprint density at radius 1 is 0.875 bits per heavy atom. The number of benzene rings is 3. The normalized spacial score (nSPS) is 11.3. The third-order valence-electron chi connectivity index (χ3n) is 5.05. The molecule has 0 bridgehead atoms. The quantitative estimate of drug-likeness (QED) is 0.427. The van der Waals surface area contributed by atoms with Crippen LogP contribution in [0.5, 0.6) is 5.75 Å². The van der Waals surface area contributed by atoms with Crippen molar-refractivity contribution in [1.29, 1.82) is 0 Å². The van der Waals surface area contributed by atoms with Crippen molar-refractivity contribution < 1.29 is 13.2 Å². The second kappa shape index (κ2) is 8.84. The van der Waals surface area contributed by atoms with Crippen molar-refractivity contribution in [2.45, 2.75) is 25.3 Å². The summed E-state index contributed by atoms with van der Waals surface area (Å²) in [6.07, 6.45) is 0. The number of nitrogens with one attached hydrogen (secondary N) is 2. The van der Waals surface area contributed by atoms with Crippen LogP contribution in [0.1, 0.15) is 16.7 Å². The summed E-state index contributed by atoms with van der Waals surface area (Å²) in [7, 11) is -2.24. The van der Waals surface area contributed by atoms with Crippen molar-refractivity contribution in [3.63, 3.8) is 0 Å². The van der Waals surface area contributed by atoms with Crippen LogP contribution in [0.25, 0.3) is 11.0 Å². The maximum Gasteiger partial charge on any atom is 0.263 e. The number of rotatable bonds is 7. The molecule has 4 aromatic rings. The van der Waals surface area contributed by atoms with Crippen LogP contribution in [0.2, 0.25) is 0 Å². The fraction of sp³-hybridized carbons (Fsp3) is 0.167. The molecule has 0 atom stereocenters. The molecule has 0 aliphatic heterocycles. The van der Waals surface area contributed by atoms with Gasteiger partial charge in [-0.15, -0.1) is 0 Å². The highest BCUT2D eigenvalue weighted by atomic mass is 32.2. The Morgan fingerprint density at radius 3 is 2.19 bits per heavy atom. The van der Waals surface area contributed by atoms with Crippen LogP contribution in [-0.2, 0) is 16.6 Å². The lowest BCUT2D eigenvalue weighted by atomic mass is 10.2. The standard InChI is InChI=1S/C24H24N4O3S/c1-16-8-9-17(2)22(14-16)32(29,30)28-24-23(26-20-6-4-5-7-21(20)27-24)25-15-18-10-12-19(31-3)13-11-18/h4-14H,15H2,1-3H3,(H,25,26)(H,27,28). The Balaban J connectivity index is 1.69. The van der Waals surface area contributed by atoms with Crippen molar-refractivity contribution in [3.8, 4) is 5.75 Å². The number of nitrogens with zero attached hydrogens (tertiary/aromatic N) is 2. The number of methoxy groups -OCH3 is 1. The van der Waals surface area contributed by atoms with E-state index >= 15 is 0 Å². The first kappa shape index (κ1) is 21.6. The molecule has 8 heteroatoms. The van der Waals surface area contributed by atoms with Gasteiger partial charge in [0.15, 0.2) is 11.6 Å². The number of aromatic nitrogens is 2. The molecule has 0 unspecified atom stereocenters. The average molecular weight is 449 g/mol. The lowest BCUT2D eigenvalue weighted by Gasteiger charge is -2.15. The lowest BCUT2D eigenvalue weighted by molar-refractivity contribution is 0.414. The van der Waals surface area contributed by atoms with Crippen molar-refractivity contribution in [2.24, 2.45) is 0 Å². The van der Waals surface area contributed by atoms with E-state index in [0.29, 0.717) is 29.0 Å². The average Bonchev–Trinajstić information content (AvgIpc) is 2.79. The molecule has 0 fully saturated rings. The molecule has 0 radical (unpaired) electrons. The number of para-hydroxylation sites is 2. The summed E-state index contributed by atoms with van der Waals surface area (Å²) >= 11 is 0. The zero-order chi connectivity index (χ0) is 22.7. The third kappa shape index (κ3) is 4.65. The first-order valence-electron chi connectivity index (χ1n) is 10.1. The van der Waals surface area contributed by atoms with Gasteiger partial charge in [0, 0.05) is 6.54 Å². The van der Waals surface area contributed by atoms with Gasteiger partial charge in [0.1, 0.15) is 5.75 Å². The lowest BCUT2D eigenvalue weighted by Crippen LogP contribution is -2.17. The monoisotopic (exact) mass is 448 g/mol. The van der Waals surface area contributed by atoms with Gasteiger partial charge in [-0.1, -0.05) is 36.4 Å². The van der Waals surface area contributed by atoms with Gasteiger partial charge in [-0.2, -0.15) is 0 Å². The summed E-state index contributed by atoms with van der Waals surface area (Å²) in [6, 6.07) is 20.3. The van der Waals surface area contributed by atoms with Gasteiger partial charge in [0.2, 0.25) is 0 Å². The molecule has 0 aliphatic rings. The minimum atomic E-state index is -3.86. The molecular weight excluding hydrogens is 424 g/mol. The summed E-state index contributed by atoms with van der Waals surface area (Å²) < 4.78 is 34.2. The molecular formula is C24H24N4O3S. The van der Waals surface area contributed by atoms with E-state index in [2.05, 4.69) is 20.0 Å². The van der Waals surface area contributed by atoms with Crippen LogP contribution in [0, 0.1) is 13.8 Å². The van der Waals surface area contributed by atoms with Crippen LogP contribution in [0.3, 0.4) is 0 Å². The Morgan fingerprint density at radius 2 is 1.53 bits per heavy atom. The zero-order valence-corrected chi connectivity index (χ0v) is 18.9. The van der Waals surface area contributed by atoms with Crippen LogP contribution in [-0.4, -0.2) is 25.5 Å². The number of ether oxygens (including phenoxy) is 1. The maximum absolute atomic E-state index is 13.2. The van der Waals surface area contributed by atoms with Crippen LogP contribution < -0.4 is 14.8 Å². The zero-order valence-electron chi connectivity index (χ0n) is 18.1. The number of hydrogen-bond donors (Lipinski definition) is 2. The van der Waals surface area contributed by atoms with Gasteiger partial charge in [-0.3, -0.25) is 4.72 Å². The Labute approximate surface area is 187 Å². The summed E-state index contributed by atoms with van der Waals surface area (Å²) in [5.74, 6) is 1.27. The first-order valence-corrected chi connectivity index (χ1v) is 11.6. The number of aryl methyl sites for hydroxylation is 2. The molecule has 32 heavy (non-hydrogen) atoms. The van der Waals surface area contributed by atoms with Gasteiger partial charge in [0.25, 0.3) is 10.0 Å². The van der Waals surface area contributed by atoms with Crippen molar-refractivity contribution in [3.05, 3.63) is 83.4 Å². The van der Waals surface area contributed by atoms with E-state index in [4.69, 9.17) is 4.74 Å². The predicted octanol–water partition coefficient (Wildman–Crippen LogP) is 4.67. The van der Waals surface area contributed by atoms with E-state index in [0.717, 1.165) is 16.9 Å². The highest BCUT2D eigenvalue weighted by Gasteiger charge is 2.21. The largest absolute Gasteiger partial charge is 0.497 e. The molecule has 1 heterocycles. The number of sulfonamides is 1. The Kier molecular flexibility index (Phi) is 5.96. The Bertz CT molecular complexity index is 1370. The van der Waals surface area contributed by atoms with Gasteiger partial charge in [-0.25, -0.2) is 18.4 Å². The van der Waals surface area contributed by atoms with Crippen molar-refractivity contribution in [2.75, 3.05) is 17.1 Å². The van der Waals surface area contributed by atoms with E-state index in [-0.39, 0.29) is 10.7 Å². The van der Waals surface area contributed by atoms with Crippen molar-refractivity contribution in [1.82, 2.24) is 9.97 Å². The first-order chi connectivity index (χ1) is 15.4. The summed E-state index contributed by atoms with van der Waals surface area (Å²) in [4.78, 5) is 9.38. The molecule has 7 nitrogen and oxygen atoms in total. The minimum absolute atomic E-state index is 0.151. The number of fused-ring (bicyclic) bond motifs is 1. The second-order valence-corrected chi connectivity index (χ2v) is 9.14. The minimum Gasteiger partial charge on any atom is -0.497 e. The number of anilines is 2. The molecule has 3 aromatic carbocycles. The van der Waals surface area contributed by atoms with E-state index in [1.54, 1.807) is 32.2 Å². The van der Waals surface area contributed by atoms with Gasteiger partial charge < -0.3 is 10.1 Å². The van der Waals surface area contributed by atoms with E-state index < -0.39 is 10.0 Å². The summed E-state index contributed by atoms with van der Waals surface area (Å²) in [6.45, 7) is 4.06. The molecule has 0 amide bonds. The molecule has 0 spiro atoms. The molecule has 4 rings (SSSR count). The van der Waals surface area contributed by atoms with E-state index in [1.807, 2.05) is 55.5 Å². The topological polar surface area (TPSA) is 93.2 Å². The van der Waals surface area contributed by atoms with Gasteiger partial charge in [0.05, 0.1) is 23.0 Å². The molecule has 0 saturated heterocycles. The van der Waals surface area contributed by atoms with Crippen LogP contribution in [0.4, 0.5) is 11.6 Å². The van der Waals surface area contributed by atoms with Gasteiger partial charge in [-0.05, 0) is 60.9 Å². The molecule has 164 valence electrons. The molecule has 0 aliphatic carbocycles. The smallest absolute Gasteiger partial charge is 0.263 e. The number of hydrogen-bond acceptors (Lipinski definition) is 6. The summed E-state index contributed by atoms with van der Waals surface area (Å²) in [5, 5.41) is 3.22. The van der Waals surface area contributed by atoms with E-state index in [1.165, 1.54) is 0 Å². The molecule has 2 N–H and O–H groups in total. The maximum atomic E-state index is 13.2. The summed E-state index contributed by atoms with van der Waals surface area (Å²) in [5.41, 5.74) is 3.77. The van der Waals surface area contributed by atoms with Gasteiger partial charge >= 0.3 is 0 Å². The fourth-order valence-corrected chi connectivity index (χ4v) is 4.64. The molecule has 0 saturated carbocycles.